The maximum atomic E-state index is 12.2. The average molecular weight is 414 g/mol. The van der Waals surface area contributed by atoms with Crippen molar-refractivity contribution < 1.29 is 19.1 Å². The van der Waals surface area contributed by atoms with Gasteiger partial charge in [-0.15, -0.1) is 11.6 Å². The molecule has 27 heavy (non-hydrogen) atoms. The fraction of sp³-hybridized carbons (Fsp3) is 0.750. The Bertz CT molecular complexity index is 603. The van der Waals surface area contributed by atoms with Crippen LogP contribution >= 0.6 is 23.4 Å². The molecule has 3 atom stereocenters. The fourth-order valence-corrected chi connectivity index (χ4v) is 5.42. The Hall–Kier alpha value is -1.01. The zero-order chi connectivity index (χ0) is 19.2. The third-order valence-electron chi connectivity index (χ3n) is 5.80. The molecule has 1 N–H and O–H groups in total. The highest BCUT2D eigenvalue weighted by atomic mass is 35.5. The highest BCUT2D eigenvalue weighted by molar-refractivity contribution is 8.18. The largest absolute Gasteiger partial charge is 0.461 e. The summed E-state index contributed by atoms with van der Waals surface area (Å²) in [6, 6.07) is 0. The summed E-state index contributed by atoms with van der Waals surface area (Å²) in [5, 5.41) is 1.54. The zero-order valence-corrected chi connectivity index (χ0v) is 17.2. The van der Waals surface area contributed by atoms with Gasteiger partial charge in [-0.25, -0.2) is 0 Å². The van der Waals surface area contributed by atoms with Crippen LogP contribution < -0.4 is 5.32 Å². The molecule has 1 saturated heterocycles. The first-order valence-electron chi connectivity index (χ1n) is 10.1. The van der Waals surface area contributed by atoms with Crippen LogP contribution in [-0.2, 0) is 14.3 Å². The zero-order valence-electron chi connectivity index (χ0n) is 15.6. The van der Waals surface area contributed by atoms with Crippen LogP contribution in [-0.4, -0.2) is 28.6 Å². The van der Waals surface area contributed by atoms with E-state index in [1.807, 2.05) is 0 Å². The van der Waals surface area contributed by atoms with Crippen molar-refractivity contribution in [2.24, 2.45) is 11.8 Å². The lowest BCUT2D eigenvalue weighted by molar-refractivity contribution is -0.151. The minimum absolute atomic E-state index is 0.0698. The van der Waals surface area contributed by atoms with Gasteiger partial charge in [-0.1, -0.05) is 38.2 Å². The number of rotatable bonds is 6. The van der Waals surface area contributed by atoms with E-state index in [-0.39, 0.29) is 34.5 Å². The number of allylic oxidation sites excluding steroid dienone is 1. The number of carbonyl (C=O) groups excluding carboxylic acids is 3. The highest BCUT2D eigenvalue weighted by Gasteiger charge is 2.35. The summed E-state index contributed by atoms with van der Waals surface area (Å²) in [6.45, 7) is 0. The van der Waals surface area contributed by atoms with E-state index in [9.17, 15) is 14.4 Å². The summed E-state index contributed by atoms with van der Waals surface area (Å²) >= 11 is 7.47. The fourth-order valence-electron chi connectivity index (χ4n) is 4.32. The van der Waals surface area contributed by atoms with Crippen LogP contribution in [0.25, 0.3) is 0 Å². The van der Waals surface area contributed by atoms with Gasteiger partial charge in [0.1, 0.15) is 6.10 Å². The number of hydrogen-bond donors (Lipinski definition) is 1. The number of thioether (sulfide) groups is 1. The van der Waals surface area contributed by atoms with E-state index in [0.29, 0.717) is 11.3 Å². The summed E-state index contributed by atoms with van der Waals surface area (Å²) in [7, 11) is 0. The third kappa shape index (κ3) is 5.98. The maximum Gasteiger partial charge on any atom is 0.306 e. The normalized spacial score (nSPS) is 31.1. The Balaban J connectivity index is 1.45. The van der Waals surface area contributed by atoms with Crippen molar-refractivity contribution in [2.45, 2.75) is 82.1 Å². The van der Waals surface area contributed by atoms with E-state index in [0.717, 1.165) is 49.8 Å². The standard InChI is InChI=1S/C20H28ClNO4S/c21-18-14(12-16-19(24)22-20(25)27-16)9-5-10-15(18)26-17(23)11-4-8-13-6-2-1-3-7-13/h12-15,18H,1-11H2,(H,22,24,25). The van der Waals surface area contributed by atoms with Gasteiger partial charge in [0.25, 0.3) is 11.1 Å². The molecule has 0 radical (unpaired) electrons. The number of imide groups is 1. The van der Waals surface area contributed by atoms with Crippen molar-refractivity contribution >= 4 is 40.5 Å². The van der Waals surface area contributed by atoms with Gasteiger partial charge in [-0.2, -0.15) is 0 Å². The molecular weight excluding hydrogens is 386 g/mol. The lowest BCUT2D eigenvalue weighted by atomic mass is 9.85. The van der Waals surface area contributed by atoms with Crippen LogP contribution in [0.2, 0.25) is 0 Å². The summed E-state index contributed by atoms with van der Waals surface area (Å²) in [5.41, 5.74) is 0. The molecule has 0 spiro atoms. The number of nitrogens with one attached hydrogen (secondary N) is 1. The summed E-state index contributed by atoms with van der Waals surface area (Å²) in [4.78, 5) is 35.7. The van der Waals surface area contributed by atoms with Crippen LogP contribution in [0.4, 0.5) is 4.79 Å². The number of carbonyl (C=O) groups is 3. The van der Waals surface area contributed by atoms with Crippen molar-refractivity contribution in [3.63, 3.8) is 0 Å². The van der Waals surface area contributed by atoms with Gasteiger partial charge >= 0.3 is 5.97 Å². The van der Waals surface area contributed by atoms with Crippen LogP contribution in [0.15, 0.2) is 11.0 Å². The minimum atomic E-state index is -0.365. The maximum absolute atomic E-state index is 12.2. The molecule has 0 aromatic carbocycles. The topological polar surface area (TPSA) is 72.5 Å². The predicted molar refractivity (Wildman–Crippen MR) is 107 cm³/mol. The predicted octanol–water partition coefficient (Wildman–Crippen LogP) is 4.92. The SMILES string of the molecule is O=C(CCCC1CCCCC1)OC1CCCC(C=C2SC(=O)NC2=O)C1Cl. The van der Waals surface area contributed by atoms with Crippen molar-refractivity contribution in [1.82, 2.24) is 5.32 Å². The van der Waals surface area contributed by atoms with Crippen molar-refractivity contribution in [3.05, 3.63) is 11.0 Å². The molecule has 3 fully saturated rings. The molecule has 3 unspecified atom stereocenters. The molecule has 3 rings (SSSR count). The third-order valence-corrected chi connectivity index (χ3v) is 7.23. The average Bonchev–Trinajstić information content (AvgIpc) is 2.96. The van der Waals surface area contributed by atoms with Crippen molar-refractivity contribution in [2.75, 3.05) is 0 Å². The minimum Gasteiger partial charge on any atom is -0.461 e. The second-order valence-electron chi connectivity index (χ2n) is 7.84. The highest BCUT2D eigenvalue weighted by Crippen LogP contribution is 2.35. The van der Waals surface area contributed by atoms with Gasteiger partial charge in [0.2, 0.25) is 0 Å². The summed E-state index contributed by atoms with van der Waals surface area (Å²) in [6.07, 6.45) is 13.0. The van der Waals surface area contributed by atoms with E-state index < -0.39 is 0 Å². The van der Waals surface area contributed by atoms with Crippen LogP contribution in [0, 0.1) is 11.8 Å². The molecule has 0 aromatic rings. The van der Waals surface area contributed by atoms with Crippen LogP contribution in [0.1, 0.15) is 70.6 Å². The second-order valence-corrected chi connectivity index (χ2v) is 9.36. The quantitative estimate of drug-likeness (QED) is 0.380. The first-order chi connectivity index (χ1) is 13.0. The Labute approximate surface area is 170 Å². The number of ether oxygens (including phenoxy) is 1. The number of hydrogen-bond acceptors (Lipinski definition) is 5. The Morgan fingerprint density at radius 1 is 1.15 bits per heavy atom. The molecule has 7 heteroatoms. The lowest BCUT2D eigenvalue weighted by Crippen LogP contribution is -2.36. The van der Waals surface area contributed by atoms with E-state index >= 15 is 0 Å². The van der Waals surface area contributed by atoms with Gasteiger partial charge in [0, 0.05) is 6.42 Å². The molecule has 1 heterocycles. The Morgan fingerprint density at radius 2 is 1.93 bits per heavy atom. The Kier molecular flexibility index (Phi) is 7.65. The van der Waals surface area contributed by atoms with Crippen molar-refractivity contribution in [1.29, 1.82) is 0 Å². The molecule has 2 saturated carbocycles. The molecule has 0 bridgehead atoms. The van der Waals surface area contributed by atoms with Gasteiger partial charge in [0.15, 0.2) is 0 Å². The number of esters is 1. The van der Waals surface area contributed by atoms with Crippen LogP contribution in [0.5, 0.6) is 0 Å². The molecule has 0 aromatic heterocycles. The number of halogens is 1. The molecule has 5 nitrogen and oxygen atoms in total. The van der Waals surface area contributed by atoms with Crippen LogP contribution in [0.3, 0.4) is 0 Å². The van der Waals surface area contributed by atoms with Gasteiger partial charge < -0.3 is 4.74 Å². The molecule has 150 valence electrons. The van der Waals surface area contributed by atoms with E-state index in [1.165, 1.54) is 32.1 Å². The summed E-state index contributed by atoms with van der Waals surface area (Å²) in [5.74, 6) is 0.170. The molecule has 2 aliphatic carbocycles. The monoisotopic (exact) mass is 413 g/mol. The van der Waals surface area contributed by atoms with E-state index in [2.05, 4.69) is 5.32 Å². The second kappa shape index (κ2) is 9.97. The molecule has 2 amide bonds. The smallest absolute Gasteiger partial charge is 0.306 e. The first kappa shape index (κ1) is 20.7. The molecule has 1 aliphatic heterocycles. The van der Waals surface area contributed by atoms with Gasteiger partial charge in [-0.3, -0.25) is 19.7 Å². The number of alkyl halides is 1. The number of amides is 2. The Morgan fingerprint density at radius 3 is 2.63 bits per heavy atom. The molecular formula is C20H28ClNO4S. The van der Waals surface area contributed by atoms with E-state index in [1.54, 1.807) is 6.08 Å². The summed E-state index contributed by atoms with van der Waals surface area (Å²) < 4.78 is 5.66. The van der Waals surface area contributed by atoms with Crippen molar-refractivity contribution in [3.8, 4) is 0 Å². The lowest BCUT2D eigenvalue weighted by Gasteiger charge is -2.32. The van der Waals surface area contributed by atoms with Gasteiger partial charge in [-0.05, 0) is 55.7 Å². The first-order valence-corrected chi connectivity index (χ1v) is 11.4. The molecule has 3 aliphatic rings. The van der Waals surface area contributed by atoms with E-state index in [4.69, 9.17) is 16.3 Å². The van der Waals surface area contributed by atoms with Gasteiger partial charge in [0.05, 0.1) is 10.3 Å².